The van der Waals surface area contributed by atoms with Gasteiger partial charge in [-0.25, -0.2) is 0 Å². The molecule has 2 fully saturated rings. The van der Waals surface area contributed by atoms with Crippen molar-refractivity contribution in [3.8, 4) is 0 Å². The minimum atomic E-state index is 0. The van der Waals surface area contributed by atoms with E-state index in [1.54, 1.807) is 0 Å². The maximum absolute atomic E-state index is 3.66. The average Bonchev–Trinajstić information content (AvgIpc) is 3.13. The second-order valence-electron chi connectivity index (χ2n) is 13.9. The second kappa shape index (κ2) is 45.7. The van der Waals surface area contributed by atoms with Gasteiger partial charge < -0.3 is 42.9 Å². The van der Waals surface area contributed by atoms with Gasteiger partial charge in [0.15, 0.2) is 0 Å². The molecule has 2 aliphatic rings. The van der Waals surface area contributed by atoms with Gasteiger partial charge in [0.25, 0.3) is 0 Å². The van der Waals surface area contributed by atoms with E-state index in [0.717, 1.165) is 122 Å². The van der Waals surface area contributed by atoms with E-state index in [-0.39, 0.29) is 153 Å². The first kappa shape index (κ1) is 73.2. The molecule has 0 aromatic heterocycles. The van der Waals surface area contributed by atoms with Gasteiger partial charge in [-0.3, -0.25) is 9.80 Å². The maximum Gasteiger partial charge on any atom is 0.0340 e. The summed E-state index contributed by atoms with van der Waals surface area (Å²) in [4.78, 5) is 5.23. The molecule has 2 saturated heterocycles. The SMILES string of the molecule is Br.Br.Br.Br.Br.Br.Br.Br.Brc1ccc(C(c2ccc(CN3CCCNCCNCCCNCC3)cc2)c2ccc(CN3CCCNCCNCCCNCC3)cc2)cc1.O.O. The molecule has 0 atom stereocenters. The lowest BCUT2D eigenvalue weighted by atomic mass is 9.84. The largest absolute Gasteiger partial charge is 0.412 e. The minimum absolute atomic E-state index is 0. The molecule has 10 N–H and O–H groups in total. The molecule has 2 heterocycles. The van der Waals surface area contributed by atoms with Crippen LogP contribution in [0.5, 0.6) is 0 Å². The lowest BCUT2D eigenvalue weighted by Gasteiger charge is -2.25. The van der Waals surface area contributed by atoms with Crippen molar-refractivity contribution >= 4 is 152 Å². The highest BCUT2D eigenvalue weighted by Crippen LogP contribution is 2.33. The van der Waals surface area contributed by atoms with Crippen LogP contribution >= 0.6 is 152 Å². The van der Waals surface area contributed by atoms with Crippen LogP contribution in [-0.4, -0.2) is 125 Å². The van der Waals surface area contributed by atoms with Crippen molar-refractivity contribution in [2.24, 2.45) is 0 Å². The van der Waals surface area contributed by atoms with E-state index in [9.17, 15) is 0 Å². The molecule has 0 aliphatic carbocycles. The number of halogens is 9. The van der Waals surface area contributed by atoms with Crippen LogP contribution in [0.1, 0.15) is 59.4 Å². The molecule has 354 valence electrons. The molecular weight excluding hydrogens is 1360 g/mol. The zero-order chi connectivity index (χ0) is 34.5. The van der Waals surface area contributed by atoms with Crippen molar-refractivity contribution in [3.63, 3.8) is 0 Å². The molecule has 2 aliphatic heterocycles. The van der Waals surface area contributed by atoms with Crippen LogP contribution < -0.4 is 31.9 Å². The molecule has 5 rings (SSSR count). The fourth-order valence-corrected chi connectivity index (χ4v) is 7.29. The normalized spacial score (nSPS) is 16.5. The molecule has 19 heteroatoms. The second-order valence-corrected chi connectivity index (χ2v) is 14.8. The number of rotatable bonds is 7. The van der Waals surface area contributed by atoms with Crippen LogP contribution in [0, 0.1) is 0 Å². The van der Waals surface area contributed by atoms with Crippen LogP contribution in [-0.2, 0) is 13.1 Å². The van der Waals surface area contributed by atoms with E-state index >= 15 is 0 Å². The summed E-state index contributed by atoms with van der Waals surface area (Å²) in [5.74, 6) is 0.185. The topological polar surface area (TPSA) is 142 Å². The van der Waals surface area contributed by atoms with Crippen molar-refractivity contribution in [1.29, 1.82) is 0 Å². The first-order valence-corrected chi connectivity index (χ1v) is 20.2. The van der Waals surface area contributed by atoms with E-state index in [1.807, 2.05) is 0 Å². The van der Waals surface area contributed by atoms with E-state index in [0.29, 0.717) is 0 Å². The van der Waals surface area contributed by atoms with E-state index in [4.69, 9.17) is 0 Å². The third-order valence-corrected chi connectivity index (χ3v) is 10.4. The Morgan fingerprint density at radius 1 is 0.367 bits per heavy atom. The summed E-state index contributed by atoms with van der Waals surface area (Å²) in [6.45, 7) is 19.1. The first-order chi connectivity index (χ1) is 24.7. The Hall–Kier alpha value is 1.58. The number of nitrogens with zero attached hydrogens (tertiary/aromatic N) is 2. The number of benzene rings is 3. The van der Waals surface area contributed by atoms with Crippen molar-refractivity contribution < 1.29 is 11.0 Å². The van der Waals surface area contributed by atoms with Crippen LogP contribution in [0.4, 0.5) is 0 Å². The van der Waals surface area contributed by atoms with Gasteiger partial charge in [-0.2, -0.15) is 0 Å². The summed E-state index contributed by atoms with van der Waals surface area (Å²) in [5, 5.41) is 21.6. The zero-order valence-electron chi connectivity index (χ0n) is 34.6. The lowest BCUT2D eigenvalue weighted by Crippen LogP contribution is -2.36. The zero-order valence-corrected chi connectivity index (χ0v) is 49.9. The molecule has 10 nitrogen and oxygen atoms in total. The Kier molecular flexibility index (Phi) is 55.8. The summed E-state index contributed by atoms with van der Waals surface area (Å²) >= 11 is 3.66. The Morgan fingerprint density at radius 2 is 0.650 bits per heavy atom. The standard InChI is InChI=1S/C41H63BrN8.8BrH.2H2O/c42-40-15-13-39(14-16-40)41(37-9-5-35(6-10-37)33-49-29-3-21-45-25-23-43-17-1-19-47-27-31-49)38-11-7-36(8-12-38)34-50-30-4-22-46-26-24-44-18-2-20-48-28-32-50;;;;;;;;;;/h5-16,41,43-48H,1-4,17-34H2;8*1H;2*1H2. The summed E-state index contributed by atoms with van der Waals surface area (Å²) in [5.41, 5.74) is 6.77. The minimum Gasteiger partial charge on any atom is -0.412 e. The van der Waals surface area contributed by atoms with Crippen molar-refractivity contribution in [2.75, 3.05) is 105 Å². The summed E-state index contributed by atoms with van der Waals surface area (Å²) in [6.07, 6.45) is 4.69. The summed E-state index contributed by atoms with van der Waals surface area (Å²) < 4.78 is 1.11. The van der Waals surface area contributed by atoms with Crippen molar-refractivity contribution in [3.05, 3.63) is 105 Å². The van der Waals surface area contributed by atoms with Crippen LogP contribution in [0.25, 0.3) is 0 Å². The van der Waals surface area contributed by atoms with Gasteiger partial charge >= 0.3 is 0 Å². The van der Waals surface area contributed by atoms with Gasteiger partial charge in [-0.15, -0.1) is 136 Å². The summed E-state index contributed by atoms with van der Waals surface area (Å²) in [6, 6.07) is 27.8. The molecule has 0 bridgehead atoms. The molecule has 60 heavy (non-hydrogen) atoms. The fourth-order valence-electron chi connectivity index (χ4n) is 7.03. The van der Waals surface area contributed by atoms with Crippen LogP contribution in [0.2, 0.25) is 0 Å². The predicted octanol–water partition coefficient (Wildman–Crippen LogP) is 7.33. The van der Waals surface area contributed by atoms with E-state index in [2.05, 4.69) is 130 Å². The third kappa shape index (κ3) is 29.3. The van der Waals surface area contributed by atoms with Crippen molar-refractivity contribution in [2.45, 2.75) is 44.7 Å². The number of nitrogens with one attached hydrogen (secondary N) is 6. The van der Waals surface area contributed by atoms with Crippen LogP contribution in [0.3, 0.4) is 0 Å². The molecular formula is C41H75Br9N8O2. The Morgan fingerprint density at radius 3 is 0.983 bits per heavy atom. The lowest BCUT2D eigenvalue weighted by molar-refractivity contribution is 0.260. The first-order valence-electron chi connectivity index (χ1n) is 19.4. The average molecular weight is 1430 g/mol. The van der Waals surface area contributed by atoms with Gasteiger partial charge in [-0.1, -0.05) is 76.6 Å². The fraction of sp³-hybridized carbons (Fsp3) is 0.561. The van der Waals surface area contributed by atoms with Crippen molar-refractivity contribution in [1.82, 2.24) is 41.7 Å². The van der Waals surface area contributed by atoms with Gasteiger partial charge in [0.05, 0.1) is 0 Å². The monoisotopic (exact) mass is 1420 g/mol. The maximum atomic E-state index is 3.66. The van der Waals surface area contributed by atoms with Gasteiger partial charge in [0, 0.05) is 75.8 Å². The van der Waals surface area contributed by atoms with Gasteiger partial charge in [0.1, 0.15) is 0 Å². The Labute approximate surface area is 454 Å². The third-order valence-electron chi connectivity index (χ3n) is 9.88. The van der Waals surface area contributed by atoms with Crippen LogP contribution in [0.15, 0.2) is 77.3 Å². The van der Waals surface area contributed by atoms with Gasteiger partial charge in [0.2, 0.25) is 0 Å². The quantitative estimate of drug-likeness (QED) is 0.135. The summed E-state index contributed by atoms with van der Waals surface area (Å²) in [7, 11) is 0. The Bertz CT molecular complexity index is 1240. The molecule has 0 saturated carbocycles. The van der Waals surface area contributed by atoms with E-state index < -0.39 is 0 Å². The molecule has 0 radical (unpaired) electrons. The molecule has 0 spiro atoms. The highest BCUT2D eigenvalue weighted by molar-refractivity contribution is 9.10. The molecule has 0 unspecified atom stereocenters. The molecule has 3 aromatic carbocycles. The highest BCUT2D eigenvalue weighted by Gasteiger charge is 2.18. The number of hydrogen-bond donors (Lipinski definition) is 6. The number of hydrogen-bond acceptors (Lipinski definition) is 8. The van der Waals surface area contributed by atoms with Gasteiger partial charge in [-0.05, 0) is 118 Å². The highest BCUT2D eigenvalue weighted by atomic mass is 79.9. The van der Waals surface area contributed by atoms with E-state index in [1.165, 1.54) is 53.5 Å². The predicted molar refractivity (Wildman–Crippen MR) is 304 cm³/mol. The smallest absolute Gasteiger partial charge is 0.0340 e. The molecule has 3 aromatic rings. The molecule has 0 amide bonds. The Balaban J connectivity index is -0.000000729.